The number of hydrogen-bond donors (Lipinski definition) is 0. The molecule has 4 bridgehead atoms. The highest BCUT2D eigenvalue weighted by Crippen LogP contribution is 2.65. The Hall–Kier alpha value is -2.19. The maximum Gasteiger partial charge on any atom is 0.229 e. The Morgan fingerprint density at radius 3 is 2.35 bits per heavy atom. The van der Waals surface area contributed by atoms with E-state index in [0.717, 1.165) is 30.4 Å². The van der Waals surface area contributed by atoms with Gasteiger partial charge in [0.25, 0.3) is 0 Å². The number of rotatable bonds is 5. The second kappa shape index (κ2) is 7.74. The van der Waals surface area contributed by atoms with E-state index in [1.807, 2.05) is 23.1 Å². The van der Waals surface area contributed by atoms with Crippen LogP contribution in [0, 0.1) is 34.4 Å². The second-order valence-electron chi connectivity index (χ2n) is 9.99. The van der Waals surface area contributed by atoms with Crippen LogP contribution in [0.2, 0.25) is 0 Å². The summed E-state index contributed by atoms with van der Waals surface area (Å²) in [5, 5.41) is 9.09. The molecule has 31 heavy (non-hydrogen) atoms. The highest BCUT2D eigenvalue weighted by molar-refractivity contribution is 9.10. The zero-order valence-electron chi connectivity index (χ0n) is 17.5. The topological polar surface area (TPSA) is 44.1 Å². The van der Waals surface area contributed by atoms with Gasteiger partial charge < -0.3 is 4.90 Å². The lowest BCUT2D eigenvalue weighted by Gasteiger charge is -2.60. The normalized spacial score (nSPS) is 30.7. The Kier molecular flexibility index (Phi) is 5.17. The number of amides is 1. The summed E-state index contributed by atoms with van der Waals surface area (Å²) < 4.78 is 14.0. The first-order valence-electron chi connectivity index (χ1n) is 11.1. The van der Waals surface area contributed by atoms with Gasteiger partial charge in [-0.2, -0.15) is 5.26 Å². The molecule has 0 saturated heterocycles. The fourth-order valence-corrected chi connectivity index (χ4v) is 8.15. The van der Waals surface area contributed by atoms with Crippen LogP contribution in [0.1, 0.15) is 55.2 Å². The molecule has 2 aromatic carbocycles. The number of benzene rings is 2. The monoisotopic (exact) mass is 480 g/mol. The Bertz CT molecular complexity index is 1030. The SMILES string of the molecule is N#Cc1ccc(CN(Cc2cccc(F)c2)C(=O)C23CC4CC(CC(Br)(C4)C2)C3)cc1. The van der Waals surface area contributed by atoms with Crippen molar-refractivity contribution in [3.05, 3.63) is 71.0 Å². The van der Waals surface area contributed by atoms with E-state index < -0.39 is 0 Å². The molecule has 1 amide bonds. The Labute approximate surface area is 191 Å². The lowest BCUT2D eigenvalue weighted by Crippen LogP contribution is -2.58. The number of hydrogen-bond acceptors (Lipinski definition) is 2. The molecule has 4 aliphatic rings. The van der Waals surface area contributed by atoms with Gasteiger partial charge >= 0.3 is 0 Å². The van der Waals surface area contributed by atoms with Crippen LogP contribution in [0.3, 0.4) is 0 Å². The van der Waals surface area contributed by atoms with Crippen LogP contribution in [0.5, 0.6) is 0 Å². The molecule has 5 heteroatoms. The molecule has 6 rings (SSSR count). The third-order valence-electron chi connectivity index (χ3n) is 7.45. The van der Waals surface area contributed by atoms with Crippen LogP contribution in [-0.4, -0.2) is 15.1 Å². The maximum atomic E-state index is 14.1. The second-order valence-corrected chi connectivity index (χ2v) is 11.7. The van der Waals surface area contributed by atoms with Crippen molar-refractivity contribution in [1.29, 1.82) is 5.26 Å². The van der Waals surface area contributed by atoms with E-state index in [9.17, 15) is 9.18 Å². The first-order valence-corrected chi connectivity index (χ1v) is 11.9. The summed E-state index contributed by atoms with van der Waals surface area (Å²) in [6.07, 6.45) is 6.46. The van der Waals surface area contributed by atoms with Crippen molar-refractivity contribution >= 4 is 21.8 Å². The van der Waals surface area contributed by atoms with Crippen LogP contribution in [0.15, 0.2) is 48.5 Å². The lowest BCUT2D eigenvalue weighted by atomic mass is 9.49. The number of carbonyl (C=O) groups excluding carboxylic acids is 1. The van der Waals surface area contributed by atoms with Crippen molar-refractivity contribution in [3.63, 3.8) is 0 Å². The van der Waals surface area contributed by atoms with Gasteiger partial charge in [-0.3, -0.25) is 4.79 Å². The number of halogens is 2. The Morgan fingerprint density at radius 1 is 1.06 bits per heavy atom. The molecule has 160 valence electrons. The van der Waals surface area contributed by atoms with Gasteiger partial charge in [0.2, 0.25) is 5.91 Å². The standard InChI is InChI=1S/C26H26BrFN2O/c27-26-12-21-8-22(13-26)11-25(10-21,17-26)24(31)30(16-20-2-1-3-23(28)9-20)15-19-6-4-18(14-29)5-7-19/h1-7,9,21-22H,8,10-13,15-17H2. The van der Waals surface area contributed by atoms with Crippen molar-refractivity contribution in [3.8, 4) is 6.07 Å². The van der Waals surface area contributed by atoms with E-state index in [1.54, 1.807) is 18.2 Å². The van der Waals surface area contributed by atoms with Gasteiger partial charge in [0.1, 0.15) is 5.82 Å². The Balaban J connectivity index is 1.45. The first kappa shape index (κ1) is 20.7. The third-order valence-corrected chi connectivity index (χ3v) is 8.38. The molecule has 4 fully saturated rings. The molecule has 2 aromatic rings. The molecule has 0 spiro atoms. The fraction of sp³-hybridized carbons (Fsp3) is 0.462. The minimum absolute atomic E-state index is 0.103. The molecule has 2 atom stereocenters. The van der Waals surface area contributed by atoms with E-state index >= 15 is 0 Å². The van der Waals surface area contributed by atoms with Crippen LogP contribution < -0.4 is 0 Å². The van der Waals surface area contributed by atoms with Gasteiger partial charge in [0, 0.05) is 17.4 Å². The quantitative estimate of drug-likeness (QED) is 0.495. The number of alkyl halides is 1. The van der Waals surface area contributed by atoms with Crippen LogP contribution >= 0.6 is 15.9 Å². The molecule has 0 N–H and O–H groups in total. The number of carbonyl (C=O) groups is 1. The minimum Gasteiger partial charge on any atom is -0.334 e. The molecule has 0 aromatic heterocycles. The summed E-state index contributed by atoms with van der Waals surface area (Å²) in [6, 6.07) is 16.1. The van der Waals surface area contributed by atoms with E-state index in [4.69, 9.17) is 5.26 Å². The van der Waals surface area contributed by atoms with Gasteiger partial charge in [-0.25, -0.2) is 4.39 Å². The molecule has 0 radical (unpaired) electrons. The molecule has 0 heterocycles. The Morgan fingerprint density at radius 2 is 1.74 bits per heavy atom. The summed E-state index contributed by atoms with van der Waals surface area (Å²) in [5.41, 5.74) is 2.09. The van der Waals surface area contributed by atoms with Crippen LogP contribution in [0.4, 0.5) is 4.39 Å². The van der Waals surface area contributed by atoms with Crippen molar-refractivity contribution in [2.75, 3.05) is 0 Å². The average molecular weight is 481 g/mol. The molecule has 4 saturated carbocycles. The van der Waals surface area contributed by atoms with Gasteiger partial charge in [0.05, 0.1) is 17.0 Å². The smallest absolute Gasteiger partial charge is 0.229 e. The highest BCUT2D eigenvalue weighted by Gasteiger charge is 2.60. The van der Waals surface area contributed by atoms with Crippen LogP contribution in [0.25, 0.3) is 0 Å². The molecule has 3 nitrogen and oxygen atoms in total. The zero-order valence-corrected chi connectivity index (χ0v) is 19.1. The van der Waals surface area contributed by atoms with Crippen LogP contribution in [-0.2, 0) is 17.9 Å². The van der Waals surface area contributed by atoms with E-state index in [2.05, 4.69) is 22.0 Å². The molecular formula is C26H26BrFN2O. The number of nitriles is 1. The van der Waals surface area contributed by atoms with Crippen molar-refractivity contribution in [1.82, 2.24) is 4.90 Å². The zero-order chi connectivity index (χ0) is 21.6. The molecular weight excluding hydrogens is 455 g/mol. The summed E-state index contributed by atoms with van der Waals surface area (Å²) in [4.78, 5) is 16.0. The molecule has 4 aliphatic carbocycles. The minimum atomic E-state index is -0.312. The van der Waals surface area contributed by atoms with Gasteiger partial charge in [-0.15, -0.1) is 0 Å². The van der Waals surface area contributed by atoms with Crippen molar-refractivity contribution in [2.45, 2.75) is 55.9 Å². The summed E-state index contributed by atoms with van der Waals surface area (Å²) in [5.74, 6) is 1.17. The van der Waals surface area contributed by atoms with E-state index in [0.29, 0.717) is 30.5 Å². The van der Waals surface area contributed by atoms with Gasteiger partial charge in [-0.1, -0.05) is 40.2 Å². The largest absolute Gasteiger partial charge is 0.334 e. The van der Waals surface area contributed by atoms with E-state index in [1.165, 1.54) is 31.4 Å². The maximum absolute atomic E-state index is 14.1. The summed E-state index contributed by atoms with van der Waals surface area (Å²) >= 11 is 4.02. The molecule has 0 aliphatic heterocycles. The van der Waals surface area contributed by atoms with Gasteiger partial charge in [-0.05, 0) is 85.8 Å². The highest BCUT2D eigenvalue weighted by atomic mass is 79.9. The lowest BCUT2D eigenvalue weighted by molar-refractivity contribution is -0.157. The van der Waals surface area contributed by atoms with Crippen molar-refractivity contribution in [2.24, 2.45) is 17.3 Å². The summed E-state index contributed by atoms with van der Waals surface area (Å²) in [7, 11) is 0. The van der Waals surface area contributed by atoms with Gasteiger partial charge in [0.15, 0.2) is 0 Å². The summed E-state index contributed by atoms with van der Waals surface area (Å²) in [6.45, 7) is 0.858. The first-order chi connectivity index (χ1) is 14.9. The number of nitrogens with zero attached hydrogens (tertiary/aromatic N) is 2. The van der Waals surface area contributed by atoms with Crippen molar-refractivity contribution < 1.29 is 9.18 Å². The predicted octanol–water partition coefficient (Wildman–Crippen LogP) is 5.96. The predicted molar refractivity (Wildman–Crippen MR) is 121 cm³/mol. The molecule has 2 unspecified atom stereocenters. The van der Waals surface area contributed by atoms with E-state index in [-0.39, 0.29) is 21.5 Å². The third kappa shape index (κ3) is 4.03. The fourth-order valence-electron chi connectivity index (χ4n) is 6.70. The average Bonchev–Trinajstić information content (AvgIpc) is 2.71.